The summed E-state index contributed by atoms with van der Waals surface area (Å²) in [5.41, 5.74) is 1.92. The van der Waals surface area contributed by atoms with Crippen molar-refractivity contribution in [1.29, 1.82) is 0 Å². The summed E-state index contributed by atoms with van der Waals surface area (Å²) in [6.07, 6.45) is 5.43. The predicted octanol–water partition coefficient (Wildman–Crippen LogP) is 5.18. The zero-order valence-electron chi connectivity index (χ0n) is 15.4. The van der Waals surface area contributed by atoms with E-state index in [-0.39, 0.29) is 11.9 Å². The molecule has 1 fully saturated rings. The molecule has 4 rings (SSSR count). The minimum absolute atomic E-state index is 0.0428. The molecule has 0 unspecified atom stereocenters. The zero-order valence-corrected chi connectivity index (χ0v) is 17.0. The summed E-state index contributed by atoms with van der Waals surface area (Å²) in [6, 6.07) is 16.5. The van der Waals surface area contributed by atoms with E-state index in [1.165, 1.54) is 11.1 Å². The molecule has 0 spiro atoms. The van der Waals surface area contributed by atoms with E-state index in [4.69, 9.17) is 4.98 Å². The third-order valence-corrected chi connectivity index (χ3v) is 6.77. The van der Waals surface area contributed by atoms with Crippen molar-refractivity contribution >= 4 is 44.9 Å². The lowest BCUT2D eigenvalue weighted by Gasteiger charge is -2.33. The number of carbonyl (C=O) groups is 1. The number of fused-ring (bicyclic) bond motifs is 1. The number of hydrogen-bond acceptors (Lipinski definition) is 5. The third kappa shape index (κ3) is 4.34. The Morgan fingerprint density at radius 3 is 3.00 bits per heavy atom. The van der Waals surface area contributed by atoms with Gasteiger partial charge in [0.2, 0.25) is 5.91 Å². The molecule has 2 heterocycles. The van der Waals surface area contributed by atoms with Crippen LogP contribution in [0.5, 0.6) is 0 Å². The zero-order chi connectivity index (χ0) is 18.6. The lowest BCUT2D eigenvalue weighted by molar-refractivity contribution is -0.118. The highest BCUT2D eigenvalue weighted by molar-refractivity contribution is 7.98. The van der Waals surface area contributed by atoms with Gasteiger partial charge in [0.15, 0.2) is 0 Å². The average Bonchev–Trinajstić information content (AvgIpc) is 3.12. The van der Waals surface area contributed by atoms with E-state index < -0.39 is 0 Å². The molecule has 2 aromatic carbocycles. The summed E-state index contributed by atoms with van der Waals surface area (Å²) in [6.45, 7) is 1.35. The van der Waals surface area contributed by atoms with Crippen molar-refractivity contribution in [3.05, 3.63) is 53.5 Å². The minimum Gasteiger partial charge on any atom is -0.325 e. The number of carbonyl (C=O) groups excluding carboxylic acids is 1. The van der Waals surface area contributed by atoms with E-state index in [9.17, 15) is 4.79 Å². The molecule has 0 saturated carbocycles. The fourth-order valence-corrected chi connectivity index (χ4v) is 5.17. The number of nitrogens with zero attached hydrogens (tertiary/aromatic N) is 2. The number of hydrogen-bond donors (Lipinski definition) is 1. The maximum Gasteiger partial charge on any atom is 0.238 e. The molecule has 0 bridgehead atoms. The molecule has 4 nitrogen and oxygen atoms in total. The van der Waals surface area contributed by atoms with Gasteiger partial charge >= 0.3 is 0 Å². The summed E-state index contributed by atoms with van der Waals surface area (Å²) < 4.78 is 1.22. The van der Waals surface area contributed by atoms with Gasteiger partial charge in [0.1, 0.15) is 5.01 Å². The smallest absolute Gasteiger partial charge is 0.238 e. The SMILES string of the molecule is CSc1cccc(NC(=O)CN2CCCC[C@H]2c2nc3ccccc3s2)c1. The number of thiazole rings is 1. The van der Waals surface area contributed by atoms with Crippen LogP contribution in [0, 0.1) is 0 Å². The van der Waals surface area contributed by atoms with Crippen molar-refractivity contribution in [1.82, 2.24) is 9.88 Å². The van der Waals surface area contributed by atoms with Crippen LogP contribution in [0.25, 0.3) is 10.2 Å². The molecule has 1 saturated heterocycles. The van der Waals surface area contributed by atoms with Crippen LogP contribution in [0.2, 0.25) is 0 Å². The summed E-state index contributed by atoms with van der Waals surface area (Å²) in [4.78, 5) is 20.9. The van der Waals surface area contributed by atoms with Crippen LogP contribution in [0.3, 0.4) is 0 Å². The highest BCUT2D eigenvalue weighted by atomic mass is 32.2. The van der Waals surface area contributed by atoms with Gasteiger partial charge in [0.25, 0.3) is 0 Å². The molecular formula is C21H23N3OS2. The van der Waals surface area contributed by atoms with Gasteiger partial charge in [-0.1, -0.05) is 24.6 Å². The first-order valence-corrected chi connectivity index (χ1v) is 11.3. The monoisotopic (exact) mass is 397 g/mol. The quantitative estimate of drug-likeness (QED) is 0.602. The van der Waals surface area contributed by atoms with Gasteiger partial charge in [0.05, 0.1) is 22.8 Å². The minimum atomic E-state index is 0.0428. The molecule has 1 amide bonds. The summed E-state index contributed by atoms with van der Waals surface area (Å²) in [5.74, 6) is 0.0428. The van der Waals surface area contributed by atoms with E-state index >= 15 is 0 Å². The van der Waals surface area contributed by atoms with Crippen LogP contribution in [-0.2, 0) is 4.79 Å². The van der Waals surface area contributed by atoms with Crippen LogP contribution >= 0.6 is 23.1 Å². The molecule has 3 aromatic rings. The number of para-hydroxylation sites is 1. The van der Waals surface area contributed by atoms with Crippen molar-refractivity contribution in [3.63, 3.8) is 0 Å². The number of aromatic nitrogens is 1. The Balaban J connectivity index is 1.47. The van der Waals surface area contributed by atoms with Crippen LogP contribution in [0.1, 0.15) is 30.3 Å². The number of benzene rings is 2. The predicted molar refractivity (Wildman–Crippen MR) is 115 cm³/mol. The summed E-state index contributed by atoms with van der Waals surface area (Å²) in [5, 5.41) is 4.18. The Labute approximate surface area is 168 Å². The molecular weight excluding hydrogens is 374 g/mol. The van der Waals surface area contributed by atoms with E-state index in [1.54, 1.807) is 23.1 Å². The fourth-order valence-electron chi connectivity index (χ4n) is 3.58. The number of thioether (sulfide) groups is 1. The van der Waals surface area contributed by atoms with E-state index in [2.05, 4.69) is 28.4 Å². The molecule has 6 heteroatoms. The van der Waals surface area contributed by atoms with Gasteiger partial charge in [0, 0.05) is 10.6 Å². The Morgan fingerprint density at radius 2 is 2.15 bits per heavy atom. The van der Waals surface area contributed by atoms with Crippen molar-refractivity contribution in [2.24, 2.45) is 0 Å². The van der Waals surface area contributed by atoms with Gasteiger partial charge in [-0.2, -0.15) is 0 Å². The first-order valence-electron chi connectivity index (χ1n) is 9.26. The molecule has 27 heavy (non-hydrogen) atoms. The number of anilines is 1. The fraction of sp³-hybridized carbons (Fsp3) is 0.333. The van der Waals surface area contributed by atoms with Gasteiger partial charge in [-0.05, 0) is 56.0 Å². The molecule has 1 aliphatic heterocycles. The highest BCUT2D eigenvalue weighted by Gasteiger charge is 2.28. The molecule has 0 aliphatic carbocycles. The molecule has 140 valence electrons. The second-order valence-electron chi connectivity index (χ2n) is 6.78. The maximum absolute atomic E-state index is 12.7. The number of nitrogens with one attached hydrogen (secondary N) is 1. The number of rotatable bonds is 5. The standard InChI is InChI=1S/C21H23N3OS2/c1-26-16-8-6-7-15(13-16)22-20(25)14-24-12-5-4-10-18(24)21-23-17-9-2-3-11-19(17)27-21/h2-3,6-9,11,13,18H,4-5,10,12,14H2,1H3,(H,22,25)/t18-/m0/s1. The topological polar surface area (TPSA) is 45.2 Å². The number of likely N-dealkylation sites (tertiary alicyclic amines) is 1. The van der Waals surface area contributed by atoms with Gasteiger partial charge in [-0.3, -0.25) is 9.69 Å². The molecule has 0 radical (unpaired) electrons. The normalized spacial score (nSPS) is 17.9. The highest BCUT2D eigenvalue weighted by Crippen LogP contribution is 2.35. The van der Waals surface area contributed by atoms with Crippen LogP contribution in [0.15, 0.2) is 53.4 Å². The average molecular weight is 398 g/mol. The Morgan fingerprint density at radius 1 is 1.26 bits per heavy atom. The lowest BCUT2D eigenvalue weighted by atomic mass is 10.0. The van der Waals surface area contributed by atoms with Gasteiger partial charge in [-0.15, -0.1) is 23.1 Å². The van der Waals surface area contributed by atoms with E-state index in [0.717, 1.165) is 40.5 Å². The van der Waals surface area contributed by atoms with Gasteiger partial charge < -0.3 is 5.32 Å². The molecule has 1 aliphatic rings. The molecule has 1 atom stereocenters. The summed E-state index contributed by atoms with van der Waals surface area (Å²) in [7, 11) is 0. The Kier molecular flexibility index (Phi) is 5.76. The third-order valence-electron chi connectivity index (χ3n) is 4.91. The van der Waals surface area contributed by atoms with Crippen LogP contribution in [-0.4, -0.2) is 35.1 Å². The van der Waals surface area contributed by atoms with Crippen molar-refractivity contribution in [3.8, 4) is 0 Å². The summed E-state index contributed by atoms with van der Waals surface area (Å²) >= 11 is 3.43. The first-order chi connectivity index (χ1) is 13.2. The first kappa shape index (κ1) is 18.5. The number of amides is 1. The second kappa shape index (κ2) is 8.42. The molecule has 1 aromatic heterocycles. The van der Waals surface area contributed by atoms with Crippen molar-refractivity contribution in [2.75, 3.05) is 24.7 Å². The van der Waals surface area contributed by atoms with E-state index in [0.29, 0.717) is 6.54 Å². The van der Waals surface area contributed by atoms with Crippen molar-refractivity contribution in [2.45, 2.75) is 30.2 Å². The Bertz CT molecular complexity index is 907. The van der Waals surface area contributed by atoms with Crippen LogP contribution in [0.4, 0.5) is 5.69 Å². The maximum atomic E-state index is 12.7. The Hall–Kier alpha value is -1.89. The van der Waals surface area contributed by atoms with Gasteiger partial charge in [-0.25, -0.2) is 4.98 Å². The van der Waals surface area contributed by atoms with E-state index in [1.807, 2.05) is 36.6 Å². The lowest BCUT2D eigenvalue weighted by Crippen LogP contribution is -2.39. The second-order valence-corrected chi connectivity index (χ2v) is 8.72. The number of piperidine rings is 1. The largest absolute Gasteiger partial charge is 0.325 e. The van der Waals surface area contributed by atoms with Crippen LogP contribution < -0.4 is 5.32 Å². The van der Waals surface area contributed by atoms with Crippen molar-refractivity contribution < 1.29 is 4.79 Å². The molecule has 1 N–H and O–H groups in total.